The number of ketones is 1. The molecule has 0 aromatic heterocycles. The van der Waals surface area contributed by atoms with E-state index in [4.69, 9.17) is 9.47 Å². The summed E-state index contributed by atoms with van der Waals surface area (Å²) in [6.07, 6.45) is 0. The highest BCUT2D eigenvalue weighted by atomic mass is 32.2. The van der Waals surface area contributed by atoms with Crippen LogP contribution in [0.5, 0.6) is 0 Å². The normalized spacial score (nSPS) is 14.9. The number of ether oxygens (including phenoxy) is 2. The minimum absolute atomic E-state index is 0.0175. The Kier molecular flexibility index (Phi) is 7.17. The second kappa shape index (κ2) is 9.52. The van der Waals surface area contributed by atoms with Gasteiger partial charge in [-0.15, -0.1) is 0 Å². The van der Waals surface area contributed by atoms with Crippen LogP contribution in [-0.2, 0) is 19.5 Å². The van der Waals surface area contributed by atoms with Crippen molar-refractivity contribution in [1.82, 2.24) is 4.31 Å². The first-order valence-corrected chi connectivity index (χ1v) is 11.9. The number of aryl methyl sites for hydroxylation is 2. The summed E-state index contributed by atoms with van der Waals surface area (Å²) in [6, 6.07) is 6.18. The molecule has 1 fully saturated rings. The van der Waals surface area contributed by atoms with Gasteiger partial charge in [0, 0.05) is 18.7 Å². The van der Waals surface area contributed by atoms with Crippen molar-refractivity contribution in [3.63, 3.8) is 0 Å². The molecule has 2 aromatic rings. The molecule has 32 heavy (non-hydrogen) atoms. The lowest BCUT2D eigenvalue weighted by Gasteiger charge is -2.26. The van der Waals surface area contributed by atoms with Crippen LogP contribution in [0.1, 0.15) is 48.5 Å². The molecule has 0 N–H and O–H groups in total. The molecule has 1 aliphatic heterocycles. The number of benzene rings is 2. The maximum atomic E-state index is 12.9. The molecule has 0 atom stereocenters. The van der Waals surface area contributed by atoms with E-state index >= 15 is 0 Å². The first-order chi connectivity index (χ1) is 15.0. The van der Waals surface area contributed by atoms with Gasteiger partial charge in [0.1, 0.15) is 0 Å². The van der Waals surface area contributed by atoms with Gasteiger partial charge in [-0.3, -0.25) is 4.79 Å². The lowest BCUT2D eigenvalue weighted by Crippen LogP contribution is -2.40. The van der Waals surface area contributed by atoms with Crippen LogP contribution < -0.4 is 0 Å². The Morgan fingerprint density at radius 3 is 2.22 bits per heavy atom. The first kappa shape index (κ1) is 24.1. The average molecular weight is 460 g/mol. The molecular weight excluding hydrogens is 430 g/mol. The predicted molar refractivity (Wildman–Crippen MR) is 121 cm³/mol. The lowest BCUT2D eigenvalue weighted by atomic mass is 9.93. The zero-order valence-corrected chi connectivity index (χ0v) is 20.0. The van der Waals surface area contributed by atoms with Crippen molar-refractivity contribution in [2.24, 2.45) is 0 Å². The molecule has 1 aliphatic rings. The Balaban J connectivity index is 1.79. The number of morpholine rings is 1. The van der Waals surface area contributed by atoms with Crippen LogP contribution in [0.3, 0.4) is 0 Å². The fourth-order valence-corrected chi connectivity index (χ4v) is 5.14. The number of sulfonamides is 1. The average Bonchev–Trinajstić information content (AvgIpc) is 2.79. The summed E-state index contributed by atoms with van der Waals surface area (Å²) in [4.78, 5) is 25.5. The number of hydrogen-bond acceptors (Lipinski definition) is 6. The summed E-state index contributed by atoms with van der Waals surface area (Å²) < 4.78 is 37.7. The van der Waals surface area contributed by atoms with Gasteiger partial charge < -0.3 is 9.47 Å². The van der Waals surface area contributed by atoms with E-state index in [0.717, 1.165) is 22.3 Å². The van der Waals surface area contributed by atoms with E-state index in [2.05, 4.69) is 0 Å². The molecule has 3 rings (SSSR count). The van der Waals surface area contributed by atoms with Crippen molar-refractivity contribution < 1.29 is 27.5 Å². The Hall–Kier alpha value is -2.55. The number of carbonyl (C=O) groups is 2. The fraction of sp³-hybridized carbons (Fsp3) is 0.417. The summed E-state index contributed by atoms with van der Waals surface area (Å²) >= 11 is 0. The summed E-state index contributed by atoms with van der Waals surface area (Å²) in [5, 5.41) is 0. The molecule has 172 valence electrons. The predicted octanol–water partition coefficient (Wildman–Crippen LogP) is 3.29. The van der Waals surface area contributed by atoms with Gasteiger partial charge in [0.05, 0.1) is 23.7 Å². The Morgan fingerprint density at radius 1 is 0.906 bits per heavy atom. The van der Waals surface area contributed by atoms with E-state index in [9.17, 15) is 18.0 Å². The second-order valence-corrected chi connectivity index (χ2v) is 10.0. The van der Waals surface area contributed by atoms with Gasteiger partial charge in [-0.1, -0.05) is 6.07 Å². The highest BCUT2D eigenvalue weighted by Gasteiger charge is 2.28. The van der Waals surface area contributed by atoms with Gasteiger partial charge >= 0.3 is 5.97 Å². The second-order valence-electron chi connectivity index (χ2n) is 8.11. The molecule has 0 bridgehead atoms. The third-order valence-electron chi connectivity index (χ3n) is 6.15. The van der Waals surface area contributed by atoms with Crippen molar-refractivity contribution in [3.05, 3.63) is 63.2 Å². The zero-order valence-electron chi connectivity index (χ0n) is 19.1. The molecule has 1 heterocycles. The standard InChI is InChI=1S/C24H29NO6S/c1-15-6-7-20(32(28,29)25-8-10-30-11-9-25)13-21(15)24(27)31-14-23(26)22-12-16(2)17(3)18(4)19(22)5/h6-7,12-13H,8-11,14H2,1-5H3. The molecule has 0 aliphatic carbocycles. The Morgan fingerprint density at radius 2 is 1.56 bits per heavy atom. The molecular formula is C24H29NO6S. The van der Waals surface area contributed by atoms with Gasteiger partial charge in [0.15, 0.2) is 6.61 Å². The molecule has 0 spiro atoms. The SMILES string of the molecule is Cc1ccc(S(=O)(=O)N2CCOCC2)cc1C(=O)OCC(=O)c1cc(C)c(C)c(C)c1C. The number of Topliss-reactive ketones (excluding diaryl/α,β-unsaturated/α-hetero) is 1. The minimum atomic E-state index is -3.75. The third-order valence-corrected chi connectivity index (χ3v) is 8.05. The first-order valence-electron chi connectivity index (χ1n) is 10.5. The summed E-state index contributed by atoms with van der Waals surface area (Å²) in [6.45, 7) is 10.3. The van der Waals surface area contributed by atoms with Gasteiger partial charge in [-0.05, 0) is 80.6 Å². The van der Waals surface area contributed by atoms with Gasteiger partial charge in [0.25, 0.3) is 0 Å². The Bertz CT molecular complexity index is 1160. The monoisotopic (exact) mass is 459 g/mol. The fourth-order valence-electron chi connectivity index (χ4n) is 3.71. The molecule has 8 heteroatoms. The smallest absolute Gasteiger partial charge is 0.338 e. The number of hydrogen-bond donors (Lipinski definition) is 0. The maximum Gasteiger partial charge on any atom is 0.338 e. The van der Waals surface area contributed by atoms with E-state index < -0.39 is 22.6 Å². The van der Waals surface area contributed by atoms with E-state index in [1.54, 1.807) is 13.0 Å². The van der Waals surface area contributed by atoms with Crippen LogP contribution in [0.25, 0.3) is 0 Å². The van der Waals surface area contributed by atoms with E-state index in [1.807, 2.05) is 33.8 Å². The minimum Gasteiger partial charge on any atom is -0.454 e. The van der Waals surface area contributed by atoms with Crippen molar-refractivity contribution in [3.8, 4) is 0 Å². The topological polar surface area (TPSA) is 90.0 Å². The van der Waals surface area contributed by atoms with Crippen LogP contribution in [-0.4, -0.2) is 57.4 Å². The van der Waals surface area contributed by atoms with E-state index in [0.29, 0.717) is 24.3 Å². The van der Waals surface area contributed by atoms with Crippen LogP contribution in [0.15, 0.2) is 29.2 Å². The maximum absolute atomic E-state index is 12.9. The highest BCUT2D eigenvalue weighted by molar-refractivity contribution is 7.89. The molecule has 7 nitrogen and oxygen atoms in total. The molecule has 1 saturated heterocycles. The van der Waals surface area contributed by atoms with Crippen molar-refractivity contribution in [2.45, 2.75) is 39.5 Å². The van der Waals surface area contributed by atoms with Gasteiger partial charge in [-0.2, -0.15) is 4.31 Å². The van der Waals surface area contributed by atoms with E-state index in [-0.39, 0.29) is 29.3 Å². The van der Waals surface area contributed by atoms with Crippen molar-refractivity contribution in [1.29, 1.82) is 0 Å². The highest BCUT2D eigenvalue weighted by Crippen LogP contribution is 2.23. The van der Waals surface area contributed by atoms with Crippen LogP contribution >= 0.6 is 0 Å². The zero-order chi connectivity index (χ0) is 23.6. The van der Waals surface area contributed by atoms with Crippen LogP contribution in [0, 0.1) is 34.6 Å². The lowest BCUT2D eigenvalue weighted by molar-refractivity contribution is 0.0473. The van der Waals surface area contributed by atoms with Gasteiger partial charge in [0.2, 0.25) is 15.8 Å². The van der Waals surface area contributed by atoms with Crippen molar-refractivity contribution in [2.75, 3.05) is 32.9 Å². The number of carbonyl (C=O) groups excluding carboxylic acids is 2. The molecule has 0 radical (unpaired) electrons. The van der Waals surface area contributed by atoms with Crippen LogP contribution in [0.2, 0.25) is 0 Å². The third kappa shape index (κ3) is 4.77. The molecule has 0 amide bonds. The summed E-state index contributed by atoms with van der Waals surface area (Å²) in [7, 11) is -3.75. The Labute approximate surface area is 189 Å². The van der Waals surface area contributed by atoms with Crippen LogP contribution in [0.4, 0.5) is 0 Å². The quantitative estimate of drug-likeness (QED) is 0.486. The number of esters is 1. The van der Waals surface area contributed by atoms with Gasteiger partial charge in [-0.25, -0.2) is 13.2 Å². The summed E-state index contributed by atoms with van der Waals surface area (Å²) in [5.41, 5.74) is 5.26. The summed E-state index contributed by atoms with van der Waals surface area (Å²) in [5.74, 6) is -1.02. The largest absolute Gasteiger partial charge is 0.454 e. The van der Waals surface area contributed by atoms with E-state index in [1.165, 1.54) is 16.4 Å². The molecule has 0 unspecified atom stereocenters. The molecule has 2 aromatic carbocycles. The number of nitrogens with zero attached hydrogens (tertiary/aromatic N) is 1. The molecule has 0 saturated carbocycles. The van der Waals surface area contributed by atoms with Crippen molar-refractivity contribution >= 4 is 21.8 Å². The number of rotatable bonds is 6.